The maximum absolute atomic E-state index is 12.7. The second kappa shape index (κ2) is 12.4. The van der Waals surface area contributed by atoms with E-state index in [1.165, 1.54) is 32.1 Å². The molecule has 0 unspecified atom stereocenters. The van der Waals surface area contributed by atoms with Crippen LogP contribution in [0.5, 0.6) is 0 Å². The number of carbonyl (C=O) groups is 2. The number of nitrogens with zero attached hydrogens (tertiary/aromatic N) is 2. The molecule has 1 heterocycles. The molecule has 1 saturated carbocycles. The third kappa shape index (κ3) is 5.88. The number of carboxylic acids is 1. The predicted octanol–water partition coefficient (Wildman–Crippen LogP) is 7.74. The number of urea groups is 1. The van der Waals surface area contributed by atoms with Gasteiger partial charge in [0, 0.05) is 18.7 Å². The first-order valence-electron chi connectivity index (χ1n) is 14.4. The summed E-state index contributed by atoms with van der Waals surface area (Å²) in [5, 5.41) is 16.3. The van der Waals surface area contributed by atoms with Crippen LogP contribution in [0.25, 0.3) is 27.8 Å². The highest BCUT2D eigenvalue weighted by Crippen LogP contribution is 2.33. The number of carboxylic acid groups (broad SMARTS) is 1. The van der Waals surface area contributed by atoms with E-state index >= 15 is 0 Å². The van der Waals surface area contributed by atoms with Crippen LogP contribution in [0, 0.1) is 12.8 Å². The normalized spacial score (nSPS) is 13.8. The van der Waals surface area contributed by atoms with E-state index < -0.39 is 5.97 Å². The van der Waals surface area contributed by atoms with E-state index in [4.69, 9.17) is 4.98 Å². The van der Waals surface area contributed by atoms with Gasteiger partial charge in [0.1, 0.15) is 5.82 Å². The lowest BCUT2D eigenvalue weighted by molar-refractivity contribution is 0.0697. The summed E-state index contributed by atoms with van der Waals surface area (Å²) in [6.07, 6.45) is 8.86. The number of hydrogen-bond acceptors (Lipinski definition) is 3. The minimum absolute atomic E-state index is 0.209. The Labute approximate surface area is 235 Å². The number of hydrogen-bond donors (Lipinski definition) is 3. The molecule has 1 aromatic heterocycles. The fourth-order valence-electron chi connectivity index (χ4n) is 5.85. The van der Waals surface area contributed by atoms with Gasteiger partial charge in [-0.3, -0.25) is 4.57 Å². The molecule has 0 atom stereocenters. The van der Waals surface area contributed by atoms with Crippen LogP contribution < -0.4 is 10.6 Å². The lowest BCUT2D eigenvalue weighted by Gasteiger charge is -2.21. The Balaban J connectivity index is 1.52. The Kier molecular flexibility index (Phi) is 8.48. The lowest BCUT2D eigenvalue weighted by atomic mass is 9.89. The molecule has 0 saturated heterocycles. The molecule has 1 aliphatic carbocycles. The Bertz CT molecular complexity index is 1500. The van der Waals surface area contributed by atoms with Crippen molar-refractivity contribution in [2.75, 3.05) is 11.9 Å². The minimum Gasteiger partial charge on any atom is -0.478 e. The van der Waals surface area contributed by atoms with Crippen molar-refractivity contribution in [3.8, 4) is 16.8 Å². The molecule has 0 radical (unpaired) electrons. The molecule has 0 bridgehead atoms. The van der Waals surface area contributed by atoms with Crippen LogP contribution in [-0.4, -0.2) is 33.2 Å². The maximum atomic E-state index is 12.7. The fourth-order valence-corrected chi connectivity index (χ4v) is 5.85. The topological polar surface area (TPSA) is 96.3 Å². The van der Waals surface area contributed by atoms with Crippen molar-refractivity contribution in [1.82, 2.24) is 14.9 Å². The number of aromatic carboxylic acids is 1. The number of benzene rings is 3. The summed E-state index contributed by atoms with van der Waals surface area (Å²) < 4.78 is 2.06. The van der Waals surface area contributed by atoms with E-state index in [-0.39, 0.29) is 11.6 Å². The number of anilines is 1. The van der Waals surface area contributed by atoms with Gasteiger partial charge in [0.2, 0.25) is 0 Å². The minimum atomic E-state index is -0.963. The first-order valence-corrected chi connectivity index (χ1v) is 14.4. The lowest BCUT2D eigenvalue weighted by Crippen LogP contribution is -2.33. The van der Waals surface area contributed by atoms with Gasteiger partial charge in [0.15, 0.2) is 0 Å². The highest BCUT2D eigenvalue weighted by molar-refractivity contribution is 5.99. The third-order valence-corrected chi connectivity index (χ3v) is 7.99. The van der Waals surface area contributed by atoms with Gasteiger partial charge in [0.25, 0.3) is 0 Å². The van der Waals surface area contributed by atoms with Gasteiger partial charge in [-0.25, -0.2) is 14.6 Å². The van der Waals surface area contributed by atoms with Gasteiger partial charge in [-0.15, -0.1) is 0 Å². The summed E-state index contributed by atoms with van der Waals surface area (Å²) in [6.45, 7) is 4.70. The number of carbonyl (C=O) groups excluding carboxylic acids is 1. The molecular weight excluding hydrogens is 500 g/mol. The number of imidazole rings is 1. The van der Waals surface area contributed by atoms with Crippen LogP contribution in [0.3, 0.4) is 0 Å². The van der Waals surface area contributed by atoms with Gasteiger partial charge < -0.3 is 15.7 Å². The van der Waals surface area contributed by atoms with Crippen molar-refractivity contribution in [3.63, 3.8) is 0 Å². The van der Waals surface area contributed by atoms with Gasteiger partial charge in [-0.2, -0.15) is 0 Å². The highest BCUT2D eigenvalue weighted by atomic mass is 16.4. The summed E-state index contributed by atoms with van der Waals surface area (Å²) in [5.41, 5.74) is 5.61. The fraction of sp³-hybridized carbons (Fsp3) is 0.364. The van der Waals surface area contributed by atoms with Crippen molar-refractivity contribution in [3.05, 3.63) is 77.6 Å². The SMILES string of the molecule is CCCCc1nc2ccc(NC(=O)NCC3CCCCC3)cc2n1-c1ccc(-c2ccccc2)c(C(=O)O)c1C. The van der Waals surface area contributed by atoms with Crippen LogP contribution in [0.2, 0.25) is 0 Å². The number of nitrogens with one attached hydrogen (secondary N) is 2. The zero-order chi connectivity index (χ0) is 28.1. The van der Waals surface area contributed by atoms with Crippen molar-refractivity contribution >= 4 is 28.7 Å². The van der Waals surface area contributed by atoms with E-state index in [1.807, 2.05) is 67.6 Å². The number of fused-ring (bicyclic) bond motifs is 1. The predicted molar refractivity (Wildman–Crippen MR) is 160 cm³/mol. The molecule has 0 spiro atoms. The third-order valence-electron chi connectivity index (χ3n) is 7.99. The smallest absolute Gasteiger partial charge is 0.336 e. The van der Waals surface area contributed by atoms with Crippen LogP contribution in [0.1, 0.15) is 73.6 Å². The molecule has 3 N–H and O–H groups in total. The van der Waals surface area contributed by atoms with Gasteiger partial charge >= 0.3 is 12.0 Å². The molecule has 7 nitrogen and oxygen atoms in total. The van der Waals surface area contributed by atoms with Crippen molar-refractivity contribution in [2.45, 2.75) is 65.2 Å². The Morgan fingerprint density at radius 1 is 1.02 bits per heavy atom. The molecule has 7 heteroatoms. The standard InChI is InChI=1S/C33H38N4O3/c1-3-4-15-30-36-27-18-16-25(35-33(40)34-21-23-11-7-5-8-12-23)20-29(27)37(30)28-19-17-26(24-13-9-6-10-14-24)31(22(28)2)32(38)39/h6,9-10,13-14,16-20,23H,3-5,7-8,11-12,15,21H2,1-2H3,(H,38,39)(H2,34,35,40). The number of aryl methyl sites for hydroxylation is 1. The average molecular weight is 539 g/mol. The highest BCUT2D eigenvalue weighted by Gasteiger charge is 2.22. The van der Waals surface area contributed by atoms with Crippen LogP contribution in [-0.2, 0) is 6.42 Å². The average Bonchev–Trinajstić information content (AvgIpc) is 3.33. The molecule has 4 aromatic rings. The van der Waals surface area contributed by atoms with Crippen molar-refractivity contribution in [1.29, 1.82) is 0 Å². The molecule has 1 fully saturated rings. The largest absolute Gasteiger partial charge is 0.478 e. The van der Waals surface area contributed by atoms with E-state index in [0.717, 1.165) is 47.4 Å². The summed E-state index contributed by atoms with van der Waals surface area (Å²) in [7, 11) is 0. The summed E-state index contributed by atoms with van der Waals surface area (Å²) in [6, 6.07) is 19.0. The number of amides is 2. The summed E-state index contributed by atoms with van der Waals surface area (Å²) in [4.78, 5) is 30.2. The molecule has 208 valence electrons. The quantitative estimate of drug-likeness (QED) is 0.203. The number of unbranched alkanes of at least 4 members (excludes halogenated alkanes) is 1. The van der Waals surface area contributed by atoms with Crippen molar-refractivity contribution < 1.29 is 14.7 Å². The van der Waals surface area contributed by atoms with Crippen LogP contribution in [0.4, 0.5) is 10.5 Å². The maximum Gasteiger partial charge on any atom is 0.336 e. The molecule has 2 amide bonds. The molecule has 1 aliphatic rings. The van der Waals surface area contributed by atoms with Crippen molar-refractivity contribution in [2.24, 2.45) is 5.92 Å². The number of aromatic nitrogens is 2. The zero-order valence-corrected chi connectivity index (χ0v) is 23.4. The molecule has 3 aromatic carbocycles. The van der Waals surface area contributed by atoms with Gasteiger partial charge in [-0.1, -0.05) is 69.0 Å². The first-order chi connectivity index (χ1) is 19.5. The van der Waals surface area contributed by atoms with Gasteiger partial charge in [-0.05, 0) is 73.1 Å². The van der Waals surface area contributed by atoms with Crippen LogP contribution in [0.15, 0.2) is 60.7 Å². The zero-order valence-electron chi connectivity index (χ0n) is 23.4. The van der Waals surface area contributed by atoms with E-state index in [1.54, 1.807) is 0 Å². The molecule has 0 aliphatic heterocycles. The first kappa shape index (κ1) is 27.4. The van der Waals surface area contributed by atoms with Gasteiger partial charge in [0.05, 0.1) is 22.3 Å². The van der Waals surface area contributed by atoms with E-state index in [9.17, 15) is 14.7 Å². The van der Waals surface area contributed by atoms with Crippen LogP contribution >= 0.6 is 0 Å². The number of rotatable bonds is 9. The second-order valence-electron chi connectivity index (χ2n) is 10.8. The second-order valence-corrected chi connectivity index (χ2v) is 10.8. The van der Waals surface area contributed by atoms with E-state index in [0.29, 0.717) is 29.3 Å². The summed E-state index contributed by atoms with van der Waals surface area (Å²) in [5.74, 6) is 0.465. The molecule has 40 heavy (non-hydrogen) atoms. The summed E-state index contributed by atoms with van der Waals surface area (Å²) >= 11 is 0. The molecule has 5 rings (SSSR count). The molecular formula is C33H38N4O3. The Morgan fingerprint density at radius 3 is 2.52 bits per heavy atom. The van der Waals surface area contributed by atoms with E-state index in [2.05, 4.69) is 22.1 Å². The Hall–Kier alpha value is -4.13. The Morgan fingerprint density at radius 2 is 1.80 bits per heavy atom. The monoisotopic (exact) mass is 538 g/mol.